The maximum absolute atomic E-state index is 2.33. The van der Waals surface area contributed by atoms with Gasteiger partial charge in [0.1, 0.15) is 0 Å². The SMILES string of the molecule is CC(C)=CC1=CCN(SI)C1. The van der Waals surface area contributed by atoms with Gasteiger partial charge in [-0.3, -0.25) is 0 Å². The van der Waals surface area contributed by atoms with Crippen molar-refractivity contribution in [2.24, 2.45) is 0 Å². The quantitative estimate of drug-likeness (QED) is 0.565. The van der Waals surface area contributed by atoms with Gasteiger partial charge in [-0.2, -0.15) is 0 Å². The topological polar surface area (TPSA) is 3.24 Å². The monoisotopic (exact) mass is 281 g/mol. The van der Waals surface area contributed by atoms with E-state index in [-0.39, 0.29) is 0 Å². The van der Waals surface area contributed by atoms with Crippen LogP contribution in [0.2, 0.25) is 0 Å². The Hall–Kier alpha value is 0.520. The first kappa shape index (κ1) is 9.61. The van der Waals surface area contributed by atoms with E-state index in [1.165, 1.54) is 11.1 Å². The average molecular weight is 281 g/mol. The van der Waals surface area contributed by atoms with Gasteiger partial charge in [-0.05, 0) is 28.5 Å². The minimum atomic E-state index is 1.09. The van der Waals surface area contributed by atoms with Crippen molar-refractivity contribution in [1.82, 2.24) is 4.31 Å². The van der Waals surface area contributed by atoms with Crippen LogP contribution in [0.1, 0.15) is 13.8 Å². The van der Waals surface area contributed by atoms with Crippen LogP contribution in [0.4, 0.5) is 0 Å². The molecule has 0 aliphatic carbocycles. The van der Waals surface area contributed by atoms with Gasteiger partial charge in [-0.25, -0.2) is 4.31 Å². The molecule has 0 aromatic carbocycles. The fraction of sp³-hybridized carbons (Fsp3) is 0.500. The number of rotatable bonds is 2. The van der Waals surface area contributed by atoms with E-state index in [9.17, 15) is 0 Å². The highest BCUT2D eigenvalue weighted by Crippen LogP contribution is 2.24. The maximum atomic E-state index is 2.33. The molecule has 0 bridgehead atoms. The van der Waals surface area contributed by atoms with Crippen LogP contribution in [-0.4, -0.2) is 17.4 Å². The largest absolute Gasteiger partial charge is 0.233 e. The van der Waals surface area contributed by atoms with Gasteiger partial charge in [0.25, 0.3) is 0 Å². The Morgan fingerprint density at radius 1 is 1.73 bits per heavy atom. The summed E-state index contributed by atoms with van der Waals surface area (Å²) in [5, 5.41) is 0. The van der Waals surface area contributed by atoms with Gasteiger partial charge in [-0.1, -0.05) is 17.7 Å². The van der Waals surface area contributed by atoms with Crippen LogP contribution in [0.3, 0.4) is 0 Å². The molecule has 1 aliphatic heterocycles. The van der Waals surface area contributed by atoms with Gasteiger partial charge in [0.05, 0.1) is 0 Å². The van der Waals surface area contributed by atoms with E-state index in [0.29, 0.717) is 0 Å². The molecular weight excluding hydrogens is 269 g/mol. The smallest absolute Gasteiger partial charge is 0.0348 e. The van der Waals surface area contributed by atoms with Crippen molar-refractivity contribution in [3.63, 3.8) is 0 Å². The van der Waals surface area contributed by atoms with Crippen molar-refractivity contribution >= 4 is 30.3 Å². The molecule has 1 aliphatic rings. The van der Waals surface area contributed by atoms with E-state index in [4.69, 9.17) is 0 Å². The molecule has 0 amide bonds. The zero-order valence-corrected chi connectivity index (χ0v) is 9.78. The van der Waals surface area contributed by atoms with E-state index in [1.807, 2.05) is 0 Å². The molecule has 0 aromatic rings. The van der Waals surface area contributed by atoms with Gasteiger partial charge < -0.3 is 0 Å². The molecule has 3 heteroatoms. The highest BCUT2D eigenvalue weighted by Gasteiger charge is 2.10. The summed E-state index contributed by atoms with van der Waals surface area (Å²) >= 11 is 2.32. The predicted molar refractivity (Wildman–Crippen MR) is 60.7 cm³/mol. The molecule has 0 saturated carbocycles. The van der Waals surface area contributed by atoms with E-state index in [0.717, 1.165) is 13.1 Å². The molecule has 62 valence electrons. The minimum absolute atomic E-state index is 1.09. The molecule has 1 rings (SSSR count). The first-order valence-corrected chi connectivity index (χ1v) is 6.91. The first-order valence-electron chi connectivity index (χ1n) is 3.60. The van der Waals surface area contributed by atoms with Crippen LogP contribution in [0.5, 0.6) is 0 Å². The molecule has 1 heterocycles. The van der Waals surface area contributed by atoms with E-state index in [2.05, 4.69) is 51.5 Å². The minimum Gasteiger partial charge on any atom is -0.233 e. The Balaban J connectivity index is 2.46. The molecule has 0 saturated heterocycles. The third-order valence-electron chi connectivity index (χ3n) is 1.49. The molecule has 11 heavy (non-hydrogen) atoms. The molecule has 0 atom stereocenters. The molecule has 0 unspecified atom stereocenters. The highest BCUT2D eigenvalue weighted by molar-refractivity contribution is 14.2. The fourth-order valence-corrected chi connectivity index (χ4v) is 2.31. The van der Waals surface area contributed by atoms with Crippen LogP contribution < -0.4 is 0 Å². The molecule has 1 nitrogen and oxygen atoms in total. The summed E-state index contributed by atoms with van der Waals surface area (Å²) in [6, 6.07) is 0. The summed E-state index contributed by atoms with van der Waals surface area (Å²) in [6.07, 6.45) is 4.55. The maximum Gasteiger partial charge on any atom is 0.0348 e. The standard InChI is InChI=1S/C8H12INS/c1-7(2)5-8-3-4-10(6-8)11-9/h3,5H,4,6H2,1-2H3. The first-order chi connectivity index (χ1) is 5.22. The zero-order chi connectivity index (χ0) is 8.27. The molecule has 0 N–H and O–H groups in total. The Bertz CT molecular complexity index is 194. The van der Waals surface area contributed by atoms with Crippen molar-refractivity contribution in [2.45, 2.75) is 13.8 Å². The second-order valence-corrected chi connectivity index (χ2v) is 4.73. The third-order valence-corrected chi connectivity index (χ3v) is 3.63. The Labute approximate surface area is 84.6 Å². The lowest BCUT2D eigenvalue weighted by molar-refractivity contribution is 0.612. The predicted octanol–water partition coefficient (Wildman–Crippen LogP) is 3.19. The third kappa shape index (κ3) is 3.17. The normalized spacial score (nSPS) is 18.3. The molecule has 0 fully saturated rings. The Kier molecular flexibility index (Phi) is 3.95. The summed E-state index contributed by atoms with van der Waals surface area (Å²) in [4.78, 5) is 0. The number of hydrogen-bond donors (Lipinski definition) is 0. The number of hydrogen-bond acceptors (Lipinski definition) is 2. The lowest BCUT2D eigenvalue weighted by Crippen LogP contribution is -2.08. The van der Waals surface area contributed by atoms with E-state index < -0.39 is 0 Å². The molecule has 0 spiro atoms. The number of halogens is 1. The summed E-state index contributed by atoms with van der Waals surface area (Å²) in [7, 11) is 1.79. The van der Waals surface area contributed by atoms with Gasteiger partial charge in [0.15, 0.2) is 0 Å². The van der Waals surface area contributed by atoms with Crippen molar-refractivity contribution in [3.8, 4) is 0 Å². The summed E-state index contributed by atoms with van der Waals surface area (Å²) in [5.41, 5.74) is 2.84. The van der Waals surface area contributed by atoms with Crippen molar-refractivity contribution in [1.29, 1.82) is 0 Å². The zero-order valence-electron chi connectivity index (χ0n) is 6.80. The number of allylic oxidation sites excluding steroid dienone is 1. The van der Waals surface area contributed by atoms with Crippen LogP contribution in [0.25, 0.3) is 0 Å². The van der Waals surface area contributed by atoms with E-state index >= 15 is 0 Å². The highest BCUT2D eigenvalue weighted by atomic mass is 127. The van der Waals surface area contributed by atoms with Crippen molar-refractivity contribution in [2.75, 3.05) is 13.1 Å². The molecule has 0 radical (unpaired) electrons. The molecular formula is C8H12INS. The van der Waals surface area contributed by atoms with Gasteiger partial charge in [0, 0.05) is 34.3 Å². The summed E-state index contributed by atoms with van der Waals surface area (Å²) < 4.78 is 2.33. The van der Waals surface area contributed by atoms with Crippen molar-refractivity contribution < 1.29 is 0 Å². The van der Waals surface area contributed by atoms with Gasteiger partial charge >= 0.3 is 0 Å². The van der Waals surface area contributed by atoms with Crippen molar-refractivity contribution in [3.05, 3.63) is 23.3 Å². The lowest BCUT2D eigenvalue weighted by Gasteiger charge is -2.07. The Morgan fingerprint density at radius 3 is 2.91 bits per heavy atom. The lowest BCUT2D eigenvalue weighted by atomic mass is 10.2. The number of nitrogens with zero attached hydrogens (tertiary/aromatic N) is 1. The van der Waals surface area contributed by atoms with Crippen LogP contribution >= 0.6 is 30.3 Å². The second kappa shape index (κ2) is 4.52. The van der Waals surface area contributed by atoms with Crippen LogP contribution in [0.15, 0.2) is 23.3 Å². The molecule has 0 aromatic heterocycles. The summed E-state index contributed by atoms with van der Waals surface area (Å²) in [5.74, 6) is 0. The summed E-state index contributed by atoms with van der Waals surface area (Å²) in [6.45, 7) is 6.47. The van der Waals surface area contributed by atoms with Gasteiger partial charge in [0.2, 0.25) is 0 Å². The fourth-order valence-electron chi connectivity index (χ4n) is 1.08. The van der Waals surface area contributed by atoms with Gasteiger partial charge in [-0.15, -0.1) is 0 Å². The van der Waals surface area contributed by atoms with Crippen LogP contribution in [-0.2, 0) is 0 Å². The second-order valence-electron chi connectivity index (χ2n) is 2.89. The van der Waals surface area contributed by atoms with Crippen LogP contribution in [0, 0.1) is 0 Å². The Morgan fingerprint density at radius 2 is 2.45 bits per heavy atom. The van der Waals surface area contributed by atoms with E-state index in [1.54, 1.807) is 9.12 Å². The average Bonchev–Trinajstić information content (AvgIpc) is 2.34.